The molecule has 186 valence electrons. The molecular weight excluding hydrogens is 468 g/mol. The fraction of sp³-hybridized carbons (Fsp3) is 0.241. The molecule has 3 aromatic rings. The van der Waals surface area contributed by atoms with Crippen LogP contribution >= 0.6 is 0 Å². The van der Waals surface area contributed by atoms with Crippen molar-refractivity contribution < 1.29 is 19.1 Å². The van der Waals surface area contributed by atoms with Crippen molar-refractivity contribution in [2.75, 3.05) is 13.2 Å². The van der Waals surface area contributed by atoms with Gasteiger partial charge in [-0.3, -0.25) is 14.5 Å². The number of para-hydroxylation sites is 1. The van der Waals surface area contributed by atoms with Gasteiger partial charge in [0, 0.05) is 28.9 Å². The number of fused-ring (bicyclic) bond motifs is 1. The van der Waals surface area contributed by atoms with Crippen molar-refractivity contribution in [1.29, 1.82) is 5.26 Å². The maximum Gasteiger partial charge on any atom is 0.271 e. The van der Waals surface area contributed by atoms with Gasteiger partial charge in [0.1, 0.15) is 30.6 Å². The fourth-order valence-electron chi connectivity index (χ4n) is 4.46. The minimum absolute atomic E-state index is 0.0255. The van der Waals surface area contributed by atoms with Gasteiger partial charge < -0.3 is 9.47 Å². The molecule has 0 aliphatic carbocycles. The molecular formula is C29H26N4O4. The van der Waals surface area contributed by atoms with Crippen LogP contribution < -0.4 is 9.47 Å². The molecule has 0 bridgehead atoms. The Morgan fingerprint density at radius 2 is 1.81 bits per heavy atom. The Kier molecular flexibility index (Phi) is 6.36. The monoisotopic (exact) mass is 494 g/mol. The summed E-state index contributed by atoms with van der Waals surface area (Å²) in [6.07, 6.45) is 4.14. The molecule has 2 amide bonds. The lowest BCUT2D eigenvalue weighted by molar-refractivity contribution is -0.142. The second-order valence-corrected chi connectivity index (χ2v) is 8.98. The van der Waals surface area contributed by atoms with Crippen molar-refractivity contribution in [3.05, 3.63) is 77.0 Å². The van der Waals surface area contributed by atoms with Crippen LogP contribution in [0.15, 0.2) is 71.4 Å². The van der Waals surface area contributed by atoms with Gasteiger partial charge in [0.15, 0.2) is 11.5 Å². The molecule has 8 nitrogen and oxygen atoms in total. The lowest BCUT2D eigenvalue weighted by Gasteiger charge is -2.31. The molecule has 3 heterocycles. The average molecular weight is 495 g/mol. The summed E-state index contributed by atoms with van der Waals surface area (Å²) in [6, 6.07) is 16.9. The molecule has 1 aromatic heterocycles. The predicted octanol–water partition coefficient (Wildman–Crippen LogP) is 4.70. The number of carbonyl (C=O) groups excluding carboxylic acids is 2. The van der Waals surface area contributed by atoms with Gasteiger partial charge >= 0.3 is 0 Å². The Hall–Kier alpha value is -4.64. The number of nitrogens with zero attached hydrogens (tertiary/aromatic N) is 4. The predicted molar refractivity (Wildman–Crippen MR) is 138 cm³/mol. The minimum atomic E-state index is -0.552. The van der Waals surface area contributed by atoms with Crippen molar-refractivity contribution in [3.63, 3.8) is 0 Å². The Labute approximate surface area is 215 Å². The van der Waals surface area contributed by atoms with E-state index < -0.39 is 11.8 Å². The number of carbonyl (C=O) groups is 2. The Morgan fingerprint density at radius 1 is 1.08 bits per heavy atom. The first kappa shape index (κ1) is 24.1. The van der Waals surface area contributed by atoms with Gasteiger partial charge in [-0.05, 0) is 62.2 Å². The molecule has 1 unspecified atom stereocenters. The van der Waals surface area contributed by atoms with Crippen molar-refractivity contribution in [3.8, 4) is 34.5 Å². The van der Waals surface area contributed by atoms with Crippen LogP contribution in [0.2, 0.25) is 0 Å². The molecule has 2 aliphatic rings. The van der Waals surface area contributed by atoms with Crippen LogP contribution in [0, 0.1) is 11.3 Å². The maximum absolute atomic E-state index is 13.6. The smallest absolute Gasteiger partial charge is 0.271 e. The van der Waals surface area contributed by atoms with E-state index in [0.717, 1.165) is 11.3 Å². The van der Waals surface area contributed by atoms with Crippen molar-refractivity contribution in [2.24, 2.45) is 0 Å². The first-order chi connectivity index (χ1) is 17.9. The van der Waals surface area contributed by atoms with E-state index in [9.17, 15) is 14.9 Å². The van der Waals surface area contributed by atoms with Gasteiger partial charge in [-0.1, -0.05) is 25.1 Å². The molecule has 1 atom stereocenters. The number of nitriles is 1. The van der Waals surface area contributed by atoms with E-state index >= 15 is 0 Å². The number of aromatic nitrogens is 2. The summed E-state index contributed by atoms with van der Waals surface area (Å²) in [5, 5.41) is 14.6. The van der Waals surface area contributed by atoms with Gasteiger partial charge in [0.25, 0.3) is 11.8 Å². The number of benzene rings is 2. The Bertz CT molecular complexity index is 1490. The first-order valence-corrected chi connectivity index (χ1v) is 12.2. The van der Waals surface area contributed by atoms with Crippen LogP contribution in [-0.4, -0.2) is 45.8 Å². The summed E-state index contributed by atoms with van der Waals surface area (Å²) < 4.78 is 13.2. The van der Waals surface area contributed by atoms with Gasteiger partial charge in [-0.2, -0.15) is 10.4 Å². The zero-order chi connectivity index (χ0) is 26.1. The summed E-state index contributed by atoms with van der Waals surface area (Å²) in [5.41, 5.74) is 3.55. The summed E-state index contributed by atoms with van der Waals surface area (Å²) in [5.74, 6) is 0.321. The number of amides is 2. The topological polar surface area (TPSA) is 97.5 Å². The zero-order valence-electron chi connectivity index (χ0n) is 20.9. The Balaban J connectivity index is 1.70. The second-order valence-electron chi connectivity index (χ2n) is 8.98. The first-order valence-electron chi connectivity index (χ1n) is 12.2. The molecule has 2 aromatic carbocycles. The van der Waals surface area contributed by atoms with E-state index in [-0.39, 0.29) is 11.6 Å². The van der Waals surface area contributed by atoms with E-state index in [1.807, 2.05) is 67.7 Å². The second kappa shape index (κ2) is 9.78. The maximum atomic E-state index is 13.6. The molecule has 0 fully saturated rings. The summed E-state index contributed by atoms with van der Waals surface area (Å²) in [7, 11) is 0. The number of rotatable bonds is 5. The average Bonchev–Trinajstić information content (AvgIpc) is 3.35. The molecule has 37 heavy (non-hydrogen) atoms. The minimum Gasteiger partial charge on any atom is -0.486 e. The third-order valence-electron chi connectivity index (χ3n) is 6.68. The van der Waals surface area contributed by atoms with Crippen molar-refractivity contribution >= 4 is 17.9 Å². The largest absolute Gasteiger partial charge is 0.486 e. The molecule has 0 radical (unpaired) electrons. The number of ether oxygens (including phenoxy) is 2. The van der Waals surface area contributed by atoms with E-state index in [0.29, 0.717) is 53.5 Å². The quantitative estimate of drug-likeness (QED) is 0.377. The molecule has 0 saturated heterocycles. The molecule has 2 aliphatic heterocycles. The standard InChI is InChI=1S/C29H26N4O4/c1-4-18(2)33-28(34)23(19(3)24(16-30)29(33)35)14-21-17-32(22-8-6-5-7-9-22)31-27(21)20-10-11-25-26(15-20)37-13-12-36-25/h5-11,14-15,17-18H,4,12-13H2,1-3H3/b23-14+. The summed E-state index contributed by atoms with van der Waals surface area (Å²) in [6.45, 7) is 6.29. The highest BCUT2D eigenvalue weighted by Gasteiger charge is 2.38. The van der Waals surface area contributed by atoms with Crippen LogP contribution in [0.1, 0.15) is 32.8 Å². The van der Waals surface area contributed by atoms with Gasteiger partial charge in [0.2, 0.25) is 0 Å². The van der Waals surface area contributed by atoms with Gasteiger partial charge in [-0.25, -0.2) is 4.68 Å². The summed E-state index contributed by atoms with van der Waals surface area (Å²) >= 11 is 0. The molecule has 8 heteroatoms. The number of hydrogen-bond donors (Lipinski definition) is 0. The highest BCUT2D eigenvalue weighted by atomic mass is 16.6. The lowest BCUT2D eigenvalue weighted by atomic mass is 9.92. The zero-order valence-corrected chi connectivity index (χ0v) is 20.9. The van der Waals surface area contributed by atoms with Crippen LogP contribution in [0.3, 0.4) is 0 Å². The van der Waals surface area contributed by atoms with Gasteiger partial charge in [0.05, 0.1) is 5.69 Å². The van der Waals surface area contributed by atoms with E-state index in [2.05, 4.69) is 0 Å². The van der Waals surface area contributed by atoms with E-state index in [1.54, 1.807) is 24.6 Å². The van der Waals surface area contributed by atoms with Crippen LogP contribution in [0.5, 0.6) is 11.5 Å². The number of hydrogen-bond acceptors (Lipinski definition) is 6. The van der Waals surface area contributed by atoms with E-state index in [4.69, 9.17) is 14.6 Å². The molecule has 0 spiro atoms. The SMILES string of the molecule is CCC(C)N1C(=O)C(C#N)=C(C)/C(=C\c2cn(-c3ccccc3)nc2-c2ccc3c(c2)OCCO3)C1=O. The highest BCUT2D eigenvalue weighted by Crippen LogP contribution is 2.37. The van der Waals surface area contributed by atoms with Crippen LogP contribution in [0.25, 0.3) is 23.0 Å². The Morgan fingerprint density at radius 3 is 2.51 bits per heavy atom. The number of imide groups is 1. The molecule has 0 N–H and O–H groups in total. The van der Waals surface area contributed by atoms with Crippen molar-refractivity contribution in [1.82, 2.24) is 14.7 Å². The normalized spacial score (nSPS) is 17.2. The molecule has 0 saturated carbocycles. The fourth-order valence-corrected chi connectivity index (χ4v) is 4.46. The van der Waals surface area contributed by atoms with Crippen LogP contribution in [-0.2, 0) is 9.59 Å². The highest BCUT2D eigenvalue weighted by molar-refractivity contribution is 6.20. The van der Waals surface area contributed by atoms with Gasteiger partial charge in [-0.15, -0.1) is 0 Å². The van der Waals surface area contributed by atoms with Crippen LogP contribution in [0.4, 0.5) is 0 Å². The molecule has 5 rings (SSSR count). The van der Waals surface area contributed by atoms with Crippen molar-refractivity contribution in [2.45, 2.75) is 33.2 Å². The summed E-state index contributed by atoms with van der Waals surface area (Å²) in [4.78, 5) is 27.7. The third-order valence-corrected chi connectivity index (χ3v) is 6.68. The van der Waals surface area contributed by atoms with E-state index in [1.165, 1.54) is 4.90 Å². The third kappa shape index (κ3) is 4.29. The lowest BCUT2D eigenvalue weighted by Crippen LogP contribution is -2.47.